The highest BCUT2D eigenvalue weighted by Crippen LogP contribution is 2.27. The van der Waals surface area contributed by atoms with Crippen molar-refractivity contribution >= 4 is 34.0 Å². The van der Waals surface area contributed by atoms with Crippen molar-refractivity contribution in [1.82, 2.24) is 9.97 Å². The van der Waals surface area contributed by atoms with Crippen molar-refractivity contribution in [2.45, 2.75) is 6.61 Å². The van der Waals surface area contributed by atoms with E-state index in [0.29, 0.717) is 28.9 Å². The van der Waals surface area contributed by atoms with Gasteiger partial charge in [-0.05, 0) is 53.1 Å². The highest BCUT2D eigenvalue weighted by molar-refractivity contribution is 6.14. The number of carboxylic acids is 1. The van der Waals surface area contributed by atoms with Gasteiger partial charge in [0.2, 0.25) is 0 Å². The Bertz CT molecular complexity index is 1210. The molecule has 0 unspecified atom stereocenters. The van der Waals surface area contributed by atoms with E-state index < -0.39 is 5.97 Å². The van der Waals surface area contributed by atoms with Crippen molar-refractivity contribution in [3.05, 3.63) is 96.8 Å². The fourth-order valence-corrected chi connectivity index (χ4v) is 2.97. The minimum absolute atomic E-state index is 0.0911. The zero-order chi connectivity index (χ0) is 20.9. The van der Waals surface area contributed by atoms with E-state index in [1.807, 2.05) is 54.6 Å². The Kier molecular flexibility index (Phi) is 5.39. The third-order valence-corrected chi connectivity index (χ3v) is 4.60. The highest BCUT2D eigenvalue weighted by atomic mass is 16.5. The molecule has 0 aliphatic heterocycles. The van der Waals surface area contributed by atoms with Gasteiger partial charge >= 0.3 is 0 Å². The third kappa shape index (κ3) is 4.28. The van der Waals surface area contributed by atoms with Crippen LogP contribution in [0.2, 0.25) is 0 Å². The maximum Gasteiger partial charge on any atom is 0.141 e. The van der Waals surface area contributed by atoms with Gasteiger partial charge in [0.15, 0.2) is 0 Å². The minimum Gasteiger partial charge on any atom is -0.545 e. The number of fused-ring (bicyclic) bond motifs is 1. The van der Waals surface area contributed by atoms with Crippen molar-refractivity contribution in [2.75, 3.05) is 5.32 Å². The second-order valence-electron chi connectivity index (χ2n) is 6.64. The lowest BCUT2D eigenvalue weighted by Gasteiger charge is -2.12. The lowest BCUT2D eigenvalue weighted by atomic mass is 10.1. The maximum atomic E-state index is 11.1. The predicted molar refractivity (Wildman–Crippen MR) is 114 cm³/mol. The molecule has 30 heavy (non-hydrogen) atoms. The van der Waals surface area contributed by atoms with E-state index in [4.69, 9.17) is 4.74 Å². The number of carboxylic acid groups (broad SMARTS) is 1. The Morgan fingerprint density at radius 1 is 1.00 bits per heavy atom. The van der Waals surface area contributed by atoms with Crippen molar-refractivity contribution in [2.24, 2.45) is 0 Å². The van der Waals surface area contributed by atoms with Crippen LogP contribution >= 0.6 is 0 Å². The summed E-state index contributed by atoms with van der Waals surface area (Å²) >= 11 is 0. The summed E-state index contributed by atoms with van der Waals surface area (Å²) in [5, 5.41) is 15.0. The number of rotatable bonds is 7. The standard InChI is InChI=1S/C24H19N3O3/c1-16(24(28)29)18-7-12-22-21(13-18)23(26-15-25-22)27-19-8-10-20(11-9-19)30-14-17-5-3-2-4-6-17/h2-13,15H,1,14H2,(H,28,29)(H,25,26,27)/p-1. The van der Waals surface area contributed by atoms with Crippen LogP contribution in [-0.2, 0) is 11.4 Å². The van der Waals surface area contributed by atoms with Crippen LogP contribution in [0.25, 0.3) is 16.5 Å². The number of aliphatic carboxylic acids is 1. The molecule has 1 N–H and O–H groups in total. The summed E-state index contributed by atoms with van der Waals surface area (Å²) in [6, 6.07) is 22.5. The van der Waals surface area contributed by atoms with Gasteiger partial charge in [-0.1, -0.05) is 43.0 Å². The van der Waals surface area contributed by atoms with Gasteiger partial charge in [0, 0.05) is 11.1 Å². The molecule has 0 fully saturated rings. The van der Waals surface area contributed by atoms with E-state index in [1.54, 1.807) is 18.2 Å². The summed E-state index contributed by atoms with van der Waals surface area (Å²) in [6.07, 6.45) is 1.45. The zero-order valence-corrected chi connectivity index (χ0v) is 16.0. The summed E-state index contributed by atoms with van der Waals surface area (Å²) < 4.78 is 5.81. The third-order valence-electron chi connectivity index (χ3n) is 4.60. The summed E-state index contributed by atoms with van der Waals surface area (Å²) in [7, 11) is 0. The van der Waals surface area contributed by atoms with Crippen LogP contribution in [-0.4, -0.2) is 15.9 Å². The summed E-state index contributed by atoms with van der Waals surface area (Å²) in [6.45, 7) is 4.05. The highest BCUT2D eigenvalue weighted by Gasteiger charge is 2.08. The van der Waals surface area contributed by atoms with Crippen molar-refractivity contribution in [3.8, 4) is 5.75 Å². The fourth-order valence-electron chi connectivity index (χ4n) is 2.97. The van der Waals surface area contributed by atoms with Gasteiger partial charge in [0.1, 0.15) is 24.5 Å². The smallest absolute Gasteiger partial charge is 0.141 e. The van der Waals surface area contributed by atoms with Crippen LogP contribution in [0.5, 0.6) is 5.75 Å². The number of aromatic nitrogens is 2. The summed E-state index contributed by atoms with van der Waals surface area (Å²) in [5.41, 5.74) is 2.95. The Hall–Kier alpha value is -4.19. The summed E-state index contributed by atoms with van der Waals surface area (Å²) in [5.74, 6) is 0.00208. The molecule has 148 valence electrons. The normalized spacial score (nSPS) is 10.5. The van der Waals surface area contributed by atoms with E-state index in [0.717, 1.165) is 17.0 Å². The molecular formula is C24H18N3O3-. The molecule has 1 heterocycles. The number of nitrogens with zero attached hydrogens (tertiary/aromatic N) is 2. The molecule has 0 amide bonds. The number of carbonyl (C=O) groups is 1. The average Bonchev–Trinajstić information content (AvgIpc) is 2.78. The van der Waals surface area contributed by atoms with E-state index in [9.17, 15) is 9.90 Å². The van der Waals surface area contributed by atoms with Gasteiger partial charge < -0.3 is 20.0 Å². The van der Waals surface area contributed by atoms with Gasteiger partial charge in [-0.25, -0.2) is 9.97 Å². The van der Waals surface area contributed by atoms with Crippen molar-refractivity contribution in [1.29, 1.82) is 0 Å². The molecular weight excluding hydrogens is 378 g/mol. The lowest BCUT2D eigenvalue weighted by molar-refractivity contribution is -0.295. The van der Waals surface area contributed by atoms with E-state index in [1.165, 1.54) is 6.33 Å². The Morgan fingerprint density at radius 2 is 1.77 bits per heavy atom. The molecule has 4 rings (SSSR count). The van der Waals surface area contributed by atoms with Gasteiger partial charge in [0.05, 0.1) is 11.5 Å². The number of anilines is 2. The minimum atomic E-state index is -1.31. The number of benzene rings is 3. The first kappa shape index (κ1) is 19.1. The van der Waals surface area contributed by atoms with E-state index in [2.05, 4.69) is 21.9 Å². The second-order valence-corrected chi connectivity index (χ2v) is 6.64. The molecule has 4 aromatic rings. The van der Waals surface area contributed by atoms with E-state index >= 15 is 0 Å². The lowest BCUT2D eigenvalue weighted by Crippen LogP contribution is -2.22. The first-order valence-electron chi connectivity index (χ1n) is 9.29. The Morgan fingerprint density at radius 3 is 2.50 bits per heavy atom. The Labute approximate surface area is 173 Å². The van der Waals surface area contributed by atoms with Crippen LogP contribution in [0.15, 0.2) is 85.7 Å². The van der Waals surface area contributed by atoms with Crippen molar-refractivity contribution < 1.29 is 14.6 Å². The van der Waals surface area contributed by atoms with Gasteiger partial charge in [-0.2, -0.15) is 0 Å². The van der Waals surface area contributed by atoms with Crippen LogP contribution in [0.4, 0.5) is 11.5 Å². The van der Waals surface area contributed by atoms with Gasteiger partial charge in [-0.15, -0.1) is 0 Å². The topological polar surface area (TPSA) is 87.2 Å². The molecule has 3 aromatic carbocycles. The van der Waals surface area contributed by atoms with Gasteiger partial charge in [0.25, 0.3) is 0 Å². The predicted octanol–water partition coefficient (Wildman–Crippen LogP) is 3.72. The van der Waals surface area contributed by atoms with E-state index in [-0.39, 0.29) is 5.57 Å². The molecule has 0 spiro atoms. The fraction of sp³-hybridized carbons (Fsp3) is 0.0417. The second kappa shape index (κ2) is 8.45. The zero-order valence-electron chi connectivity index (χ0n) is 16.0. The molecule has 0 aliphatic carbocycles. The molecule has 0 atom stereocenters. The first-order chi connectivity index (χ1) is 14.6. The van der Waals surface area contributed by atoms with Crippen LogP contribution in [0.1, 0.15) is 11.1 Å². The molecule has 0 radical (unpaired) electrons. The molecule has 0 saturated carbocycles. The Balaban J connectivity index is 1.52. The maximum absolute atomic E-state index is 11.1. The first-order valence-corrected chi connectivity index (χ1v) is 9.29. The van der Waals surface area contributed by atoms with Gasteiger partial charge in [-0.3, -0.25) is 0 Å². The molecule has 6 heteroatoms. The average molecular weight is 396 g/mol. The van der Waals surface area contributed by atoms with Crippen molar-refractivity contribution in [3.63, 3.8) is 0 Å². The number of ether oxygens (including phenoxy) is 1. The molecule has 1 aromatic heterocycles. The van der Waals surface area contributed by atoms with Crippen LogP contribution in [0, 0.1) is 0 Å². The molecule has 0 aliphatic rings. The quantitative estimate of drug-likeness (QED) is 0.479. The number of carbonyl (C=O) groups excluding carboxylic acids is 1. The number of nitrogens with one attached hydrogen (secondary N) is 1. The van der Waals surface area contributed by atoms with Crippen LogP contribution < -0.4 is 15.2 Å². The van der Waals surface area contributed by atoms with Crippen LogP contribution in [0.3, 0.4) is 0 Å². The monoisotopic (exact) mass is 396 g/mol. The molecule has 6 nitrogen and oxygen atoms in total. The number of hydrogen-bond acceptors (Lipinski definition) is 6. The number of hydrogen-bond donors (Lipinski definition) is 1. The largest absolute Gasteiger partial charge is 0.545 e. The summed E-state index contributed by atoms with van der Waals surface area (Å²) in [4.78, 5) is 19.7. The molecule has 0 saturated heterocycles. The molecule has 0 bridgehead atoms. The SMILES string of the molecule is C=C(C(=O)[O-])c1ccc2ncnc(Nc3ccc(OCc4ccccc4)cc3)c2c1.